The van der Waals surface area contributed by atoms with Crippen LogP contribution in [-0.2, 0) is 18.6 Å². The topological polar surface area (TPSA) is 92.8 Å². The number of hydrogen-bond donors (Lipinski definition) is 1. The van der Waals surface area contributed by atoms with Gasteiger partial charge in [0, 0.05) is 80.5 Å². The van der Waals surface area contributed by atoms with Crippen LogP contribution in [0.4, 0.5) is 21.5 Å². The van der Waals surface area contributed by atoms with Crippen LogP contribution in [0.15, 0.2) is 97.1 Å². The second-order valence-electron chi connectivity index (χ2n) is 17.4. The van der Waals surface area contributed by atoms with Gasteiger partial charge in [0.1, 0.15) is 5.82 Å². The Labute approximate surface area is 350 Å². The van der Waals surface area contributed by atoms with Crippen molar-refractivity contribution in [1.29, 1.82) is 0 Å². The molecule has 4 aliphatic heterocycles. The number of carbonyl (C=O) groups is 2. The lowest BCUT2D eigenvalue weighted by Crippen LogP contribution is -2.47. The first-order valence-electron chi connectivity index (χ1n) is 20.6. The second kappa shape index (κ2) is 18.4. The van der Waals surface area contributed by atoms with Crippen LogP contribution in [0.5, 0.6) is 0 Å². The number of nitrogens with zero attached hydrogens (tertiary/aromatic N) is 3. The summed E-state index contributed by atoms with van der Waals surface area (Å²) in [5, 5.41) is 3.34. The predicted molar refractivity (Wildman–Crippen MR) is 237 cm³/mol. The molecule has 4 aromatic carbocycles. The number of benzene rings is 4. The van der Waals surface area contributed by atoms with Crippen molar-refractivity contribution >= 4 is 54.8 Å². The maximum Gasteiger partial charge on any atom is 0.494 e. The molecule has 4 aromatic rings. The normalized spacial score (nSPS) is 20.3. The number of hydrogen-bond acceptors (Lipinski definition) is 10. The Hall–Kier alpha value is -4.52. The third-order valence-electron chi connectivity index (χ3n) is 12.4. The summed E-state index contributed by atoms with van der Waals surface area (Å²) >= 11 is 0. The highest BCUT2D eigenvalue weighted by atomic mass is 19.1. The van der Waals surface area contributed by atoms with Crippen LogP contribution in [0.3, 0.4) is 0 Å². The van der Waals surface area contributed by atoms with E-state index < -0.39 is 42.5 Å². The number of rotatable bonds is 7. The molecular weight excluding hydrogens is 745 g/mol. The fourth-order valence-electron chi connectivity index (χ4n) is 7.27. The van der Waals surface area contributed by atoms with E-state index in [1.807, 2.05) is 79.7 Å². The first-order valence-corrected chi connectivity index (χ1v) is 20.6. The third-order valence-corrected chi connectivity index (χ3v) is 12.4. The van der Waals surface area contributed by atoms with Crippen LogP contribution >= 0.6 is 0 Å². The van der Waals surface area contributed by atoms with E-state index in [-0.39, 0.29) is 5.56 Å². The Morgan fingerprint density at radius 1 is 0.525 bits per heavy atom. The summed E-state index contributed by atoms with van der Waals surface area (Å²) in [6.45, 7) is 24.0. The van der Waals surface area contributed by atoms with Crippen LogP contribution in [-0.4, -0.2) is 102 Å². The van der Waals surface area contributed by atoms with Crippen molar-refractivity contribution in [2.45, 2.75) is 77.8 Å². The van der Waals surface area contributed by atoms with Crippen molar-refractivity contribution in [3.8, 4) is 0 Å². The Morgan fingerprint density at radius 3 is 1.36 bits per heavy atom. The van der Waals surface area contributed by atoms with Gasteiger partial charge < -0.3 is 38.6 Å². The van der Waals surface area contributed by atoms with Gasteiger partial charge in [-0.3, -0.25) is 9.59 Å². The fraction of sp³-hybridized carbons (Fsp3) is 0.435. The largest absolute Gasteiger partial charge is 0.494 e. The van der Waals surface area contributed by atoms with E-state index in [1.54, 1.807) is 6.07 Å². The zero-order valence-electron chi connectivity index (χ0n) is 35.9. The number of anilines is 3. The van der Waals surface area contributed by atoms with E-state index in [1.165, 1.54) is 23.5 Å². The molecule has 0 spiro atoms. The van der Waals surface area contributed by atoms with E-state index in [9.17, 15) is 14.0 Å². The van der Waals surface area contributed by atoms with Crippen LogP contribution in [0.25, 0.3) is 0 Å². The SMILES string of the molecule is CC1(C)OB(c2ccc(F)c(C=O)c2)OC1(C)C.CC1(C)OB(c2ccc(N3CCN(c4ccccc4)CC3)c(C=O)c2)OC1(C)C.c1ccc(N2CCNCC2)cc1. The van der Waals surface area contributed by atoms with Gasteiger partial charge in [0.05, 0.1) is 22.4 Å². The van der Waals surface area contributed by atoms with Gasteiger partial charge >= 0.3 is 14.2 Å². The van der Waals surface area contributed by atoms with E-state index in [0.717, 1.165) is 69.8 Å². The maximum absolute atomic E-state index is 13.2. The molecule has 1 N–H and O–H groups in total. The molecule has 13 heteroatoms. The summed E-state index contributed by atoms with van der Waals surface area (Å²) in [5.41, 5.74) is 4.12. The molecule has 0 aliphatic carbocycles. The number of halogens is 1. The standard InChI is InChI=1S/C23H29BN2O3.C13H16BFO3.C10H14N2/c1-22(2)23(3,4)29-24(28-22)19-10-11-21(18(16-19)17-27)26-14-12-25(13-15-26)20-8-6-5-7-9-20;1-12(2)13(3,4)18-14(17-12)10-5-6-11(15)9(7-10)8-16;1-2-4-10(5-3-1)12-8-6-11-7-9-12/h5-11,16-17H,12-15H2,1-4H3;5-8H,1-4H3;1-5,11H,6-9H2. The molecule has 0 unspecified atom stereocenters. The average molecular weight is 805 g/mol. The number of para-hydroxylation sites is 2. The van der Waals surface area contributed by atoms with Gasteiger partial charge in [-0.2, -0.15) is 0 Å². The summed E-state index contributed by atoms with van der Waals surface area (Å²) in [5.74, 6) is -0.537. The van der Waals surface area contributed by atoms with Crippen LogP contribution in [0.2, 0.25) is 0 Å². The quantitative estimate of drug-likeness (QED) is 0.173. The first kappa shape index (κ1) is 44.0. The number of carbonyl (C=O) groups excluding carboxylic acids is 2. The van der Waals surface area contributed by atoms with Gasteiger partial charge in [-0.15, -0.1) is 0 Å². The molecule has 4 aliphatic rings. The molecule has 8 rings (SSSR count). The summed E-state index contributed by atoms with van der Waals surface area (Å²) in [4.78, 5) is 29.7. The zero-order valence-corrected chi connectivity index (χ0v) is 35.9. The lowest BCUT2D eigenvalue weighted by Gasteiger charge is -2.38. The lowest BCUT2D eigenvalue weighted by atomic mass is 9.78. The minimum Gasteiger partial charge on any atom is -0.399 e. The third kappa shape index (κ3) is 10.3. The van der Waals surface area contributed by atoms with Crippen molar-refractivity contribution in [1.82, 2.24) is 5.32 Å². The number of piperazine rings is 2. The molecular formula is C46H59B2FN4O6. The number of aldehydes is 2. The van der Waals surface area contributed by atoms with Crippen molar-refractivity contribution < 1.29 is 32.6 Å². The molecule has 0 radical (unpaired) electrons. The molecule has 0 saturated carbocycles. The second-order valence-corrected chi connectivity index (χ2v) is 17.4. The van der Waals surface area contributed by atoms with Gasteiger partial charge in [-0.25, -0.2) is 4.39 Å². The monoisotopic (exact) mass is 804 g/mol. The first-order chi connectivity index (χ1) is 28.0. The zero-order chi connectivity index (χ0) is 42.4. The minimum atomic E-state index is -0.575. The average Bonchev–Trinajstić information content (AvgIpc) is 3.61. The molecule has 0 atom stereocenters. The Morgan fingerprint density at radius 2 is 0.915 bits per heavy atom. The van der Waals surface area contributed by atoms with Gasteiger partial charge in [-0.1, -0.05) is 48.5 Å². The smallest absolute Gasteiger partial charge is 0.399 e. The summed E-state index contributed by atoms with van der Waals surface area (Å²) in [7, 11) is -1.03. The van der Waals surface area contributed by atoms with Crippen molar-refractivity contribution in [3.05, 3.63) is 114 Å². The Balaban J connectivity index is 0.000000165. The number of nitrogens with one attached hydrogen (secondary N) is 1. The molecule has 0 bridgehead atoms. The van der Waals surface area contributed by atoms with Gasteiger partial charge in [-0.05, 0) is 115 Å². The highest BCUT2D eigenvalue weighted by Crippen LogP contribution is 2.38. The Bertz CT molecular complexity index is 1990. The van der Waals surface area contributed by atoms with Gasteiger partial charge in [0.2, 0.25) is 0 Å². The van der Waals surface area contributed by atoms with Crippen LogP contribution < -0.4 is 30.9 Å². The van der Waals surface area contributed by atoms with Gasteiger partial charge in [0.15, 0.2) is 12.6 Å². The predicted octanol–water partition coefficient (Wildman–Crippen LogP) is 6.16. The van der Waals surface area contributed by atoms with E-state index >= 15 is 0 Å². The van der Waals surface area contributed by atoms with Crippen LogP contribution in [0, 0.1) is 5.82 Å². The molecule has 10 nitrogen and oxygen atoms in total. The van der Waals surface area contributed by atoms with E-state index in [0.29, 0.717) is 17.3 Å². The summed E-state index contributed by atoms with van der Waals surface area (Å²) in [6, 6.07) is 31.3. The van der Waals surface area contributed by atoms with Crippen LogP contribution in [0.1, 0.15) is 76.1 Å². The van der Waals surface area contributed by atoms with Crippen molar-refractivity contribution in [2.75, 3.05) is 67.1 Å². The highest BCUT2D eigenvalue weighted by Gasteiger charge is 2.52. The Kier molecular flexibility index (Phi) is 13.7. The maximum atomic E-state index is 13.2. The molecule has 4 fully saturated rings. The van der Waals surface area contributed by atoms with Crippen molar-refractivity contribution in [3.63, 3.8) is 0 Å². The lowest BCUT2D eigenvalue weighted by molar-refractivity contribution is 0.00578. The molecule has 312 valence electrons. The van der Waals surface area contributed by atoms with Gasteiger partial charge in [0.25, 0.3) is 0 Å². The molecule has 0 amide bonds. The molecule has 4 saturated heterocycles. The molecule has 59 heavy (non-hydrogen) atoms. The van der Waals surface area contributed by atoms with Crippen molar-refractivity contribution in [2.24, 2.45) is 0 Å². The van der Waals surface area contributed by atoms with E-state index in [2.05, 4.69) is 74.6 Å². The minimum absolute atomic E-state index is 0.0159. The summed E-state index contributed by atoms with van der Waals surface area (Å²) < 4.78 is 37.2. The summed E-state index contributed by atoms with van der Waals surface area (Å²) in [6.07, 6.45) is 1.43. The molecule has 4 heterocycles. The van der Waals surface area contributed by atoms with E-state index in [4.69, 9.17) is 18.6 Å². The molecule has 0 aromatic heterocycles. The fourth-order valence-corrected chi connectivity index (χ4v) is 7.27. The highest BCUT2D eigenvalue weighted by molar-refractivity contribution is 6.62.